The molecule has 44 valence electrons. The van der Waals surface area contributed by atoms with Gasteiger partial charge in [-0.15, -0.1) is 0 Å². The largest absolute Gasteiger partial charge is 0.375 e. The summed E-state index contributed by atoms with van der Waals surface area (Å²) in [5, 5.41) is 8.75. The van der Waals surface area contributed by atoms with Gasteiger partial charge in [-0.2, -0.15) is 0 Å². The Balaban J connectivity index is 3.54. The predicted octanol–water partition coefficient (Wildman–Crippen LogP) is -0.999. The zero-order chi connectivity index (χ0) is 6.08. The average Bonchev–Trinajstić information content (AvgIpc) is 1.31. The van der Waals surface area contributed by atoms with E-state index in [1.54, 1.807) is 6.92 Å². The number of hydrogen-bond donors (Lipinski definition) is 3. The Kier molecular flexibility index (Phi) is 1.75. The van der Waals surface area contributed by atoms with Crippen molar-refractivity contribution in [2.75, 3.05) is 0 Å². The molecular formula is C4H12N2O. The van der Waals surface area contributed by atoms with Gasteiger partial charge in [0.1, 0.15) is 5.72 Å². The van der Waals surface area contributed by atoms with E-state index in [-0.39, 0.29) is 6.04 Å². The van der Waals surface area contributed by atoms with Crippen LogP contribution in [0.4, 0.5) is 0 Å². The molecule has 0 fully saturated rings. The van der Waals surface area contributed by atoms with Crippen molar-refractivity contribution < 1.29 is 5.11 Å². The van der Waals surface area contributed by atoms with E-state index < -0.39 is 5.72 Å². The van der Waals surface area contributed by atoms with Crippen molar-refractivity contribution in [3.05, 3.63) is 0 Å². The standard InChI is InChI=1S/C4H12N2O/c1-3(5)4(2,6)7/h3,7H,5-6H2,1-2H3. The zero-order valence-electron chi connectivity index (χ0n) is 4.68. The van der Waals surface area contributed by atoms with Crippen molar-refractivity contribution in [3.63, 3.8) is 0 Å². The fourth-order valence-electron chi connectivity index (χ4n) is 0. The van der Waals surface area contributed by atoms with Gasteiger partial charge in [-0.05, 0) is 13.8 Å². The van der Waals surface area contributed by atoms with Crippen LogP contribution >= 0.6 is 0 Å². The molecule has 2 unspecified atom stereocenters. The maximum Gasteiger partial charge on any atom is 0.125 e. The molecule has 0 aromatic rings. The van der Waals surface area contributed by atoms with Gasteiger partial charge in [-0.3, -0.25) is 0 Å². The molecule has 2 atom stereocenters. The van der Waals surface area contributed by atoms with Crippen molar-refractivity contribution in [1.29, 1.82) is 0 Å². The molecule has 0 aliphatic heterocycles. The molecule has 7 heavy (non-hydrogen) atoms. The van der Waals surface area contributed by atoms with Crippen LogP contribution in [0.15, 0.2) is 0 Å². The lowest BCUT2D eigenvalue weighted by Gasteiger charge is -2.20. The van der Waals surface area contributed by atoms with E-state index in [4.69, 9.17) is 16.6 Å². The van der Waals surface area contributed by atoms with Crippen LogP contribution in [0, 0.1) is 0 Å². The van der Waals surface area contributed by atoms with Crippen LogP contribution in [0.2, 0.25) is 0 Å². The van der Waals surface area contributed by atoms with Gasteiger partial charge in [0, 0.05) is 6.04 Å². The zero-order valence-corrected chi connectivity index (χ0v) is 4.68. The Bertz CT molecular complexity index is 55.2. The molecule has 0 aliphatic rings. The van der Waals surface area contributed by atoms with Gasteiger partial charge >= 0.3 is 0 Å². The van der Waals surface area contributed by atoms with E-state index in [1.807, 2.05) is 0 Å². The molecule has 5 N–H and O–H groups in total. The van der Waals surface area contributed by atoms with Crippen molar-refractivity contribution in [1.82, 2.24) is 0 Å². The van der Waals surface area contributed by atoms with Gasteiger partial charge in [-0.25, -0.2) is 0 Å². The van der Waals surface area contributed by atoms with Crippen LogP contribution in [0.1, 0.15) is 13.8 Å². The first kappa shape index (κ1) is 6.88. The first-order valence-corrected chi connectivity index (χ1v) is 2.21. The summed E-state index contributed by atoms with van der Waals surface area (Å²) >= 11 is 0. The molecule has 0 radical (unpaired) electrons. The molecule has 0 amide bonds. The summed E-state index contributed by atoms with van der Waals surface area (Å²) < 4.78 is 0. The highest BCUT2D eigenvalue weighted by Crippen LogP contribution is 1.94. The van der Waals surface area contributed by atoms with Crippen LogP contribution in [0.3, 0.4) is 0 Å². The fourth-order valence-corrected chi connectivity index (χ4v) is 0. The number of hydrogen-bond acceptors (Lipinski definition) is 3. The summed E-state index contributed by atoms with van der Waals surface area (Å²) in [7, 11) is 0. The van der Waals surface area contributed by atoms with Gasteiger partial charge < -0.3 is 16.6 Å². The SMILES string of the molecule is CC(N)C(C)(N)O. The van der Waals surface area contributed by atoms with E-state index in [2.05, 4.69) is 0 Å². The van der Waals surface area contributed by atoms with Crippen molar-refractivity contribution >= 4 is 0 Å². The fraction of sp³-hybridized carbons (Fsp3) is 1.00. The molecule has 0 aromatic carbocycles. The lowest BCUT2D eigenvalue weighted by molar-refractivity contribution is 0.0453. The van der Waals surface area contributed by atoms with Crippen LogP contribution < -0.4 is 11.5 Å². The second kappa shape index (κ2) is 1.78. The number of rotatable bonds is 1. The van der Waals surface area contributed by atoms with Crippen LogP contribution in [0.25, 0.3) is 0 Å². The topological polar surface area (TPSA) is 72.3 Å². The quantitative estimate of drug-likeness (QED) is 0.374. The summed E-state index contributed by atoms with van der Waals surface area (Å²) in [6.45, 7) is 3.12. The third-order valence-corrected chi connectivity index (χ3v) is 0.922. The molecule has 0 bridgehead atoms. The maximum atomic E-state index is 8.75. The third kappa shape index (κ3) is 2.56. The summed E-state index contributed by atoms with van der Waals surface area (Å²) in [5.41, 5.74) is 9.08. The molecule has 3 nitrogen and oxygen atoms in total. The molecular weight excluding hydrogens is 92.1 g/mol. The van der Waals surface area contributed by atoms with Gasteiger partial charge in [0.15, 0.2) is 0 Å². The van der Waals surface area contributed by atoms with E-state index in [9.17, 15) is 0 Å². The molecule has 0 saturated carbocycles. The minimum absolute atomic E-state index is 0.368. The molecule has 3 heteroatoms. The van der Waals surface area contributed by atoms with Crippen LogP contribution in [0.5, 0.6) is 0 Å². The highest BCUT2D eigenvalue weighted by molar-refractivity contribution is 4.73. The summed E-state index contributed by atoms with van der Waals surface area (Å²) in [5.74, 6) is 0. The van der Waals surface area contributed by atoms with Crippen molar-refractivity contribution in [2.24, 2.45) is 11.5 Å². The Morgan fingerprint density at radius 3 is 1.86 bits per heavy atom. The molecule has 0 heterocycles. The summed E-state index contributed by atoms with van der Waals surface area (Å²) in [4.78, 5) is 0. The Labute approximate surface area is 43.3 Å². The number of aliphatic hydroxyl groups is 1. The third-order valence-electron chi connectivity index (χ3n) is 0.922. The molecule has 0 saturated heterocycles. The minimum Gasteiger partial charge on any atom is -0.375 e. The van der Waals surface area contributed by atoms with Gasteiger partial charge in [-0.1, -0.05) is 0 Å². The Morgan fingerprint density at radius 2 is 1.86 bits per heavy atom. The molecule has 0 spiro atoms. The highest BCUT2D eigenvalue weighted by Gasteiger charge is 2.17. The first-order valence-electron chi connectivity index (χ1n) is 2.21. The van der Waals surface area contributed by atoms with Gasteiger partial charge in [0.2, 0.25) is 0 Å². The monoisotopic (exact) mass is 104 g/mol. The van der Waals surface area contributed by atoms with Crippen LogP contribution in [-0.4, -0.2) is 16.9 Å². The Hall–Kier alpha value is -0.120. The van der Waals surface area contributed by atoms with Gasteiger partial charge in [0.25, 0.3) is 0 Å². The Morgan fingerprint density at radius 1 is 1.71 bits per heavy atom. The second-order valence-electron chi connectivity index (χ2n) is 2.01. The van der Waals surface area contributed by atoms with E-state index in [0.717, 1.165) is 0 Å². The average molecular weight is 104 g/mol. The normalized spacial score (nSPS) is 23.6. The second-order valence-corrected chi connectivity index (χ2v) is 2.01. The summed E-state index contributed by atoms with van der Waals surface area (Å²) in [6.07, 6.45) is 0. The maximum absolute atomic E-state index is 8.75. The first-order chi connectivity index (χ1) is 2.94. The molecule has 0 rings (SSSR count). The molecule has 0 aromatic heterocycles. The van der Waals surface area contributed by atoms with E-state index in [0.29, 0.717) is 0 Å². The van der Waals surface area contributed by atoms with Crippen molar-refractivity contribution in [2.45, 2.75) is 25.6 Å². The highest BCUT2D eigenvalue weighted by atomic mass is 16.3. The minimum atomic E-state index is -1.22. The van der Waals surface area contributed by atoms with Crippen LogP contribution in [-0.2, 0) is 0 Å². The lowest BCUT2D eigenvalue weighted by Crippen LogP contribution is -2.50. The predicted molar refractivity (Wildman–Crippen MR) is 28.5 cm³/mol. The van der Waals surface area contributed by atoms with Crippen molar-refractivity contribution in [3.8, 4) is 0 Å². The summed E-state index contributed by atoms with van der Waals surface area (Å²) in [6, 6.07) is -0.368. The van der Waals surface area contributed by atoms with E-state index >= 15 is 0 Å². The smallest absolute Gasteiger partial charge is 0.125 e. The molecule has 0 aliphatic carbocycles. The number of nitrogens with two attached hydrogens (primary N) is 2. The lowest BCUT2D eigenvalue weighted by atomic mass is 10.1. The van der Waals surface area contributed by atoms with E-state index in [1.165, 1.54) is 6.92 Å². The van der Waals surface area contributed by atoms with Gasteiger partial charge in [0.05, 0.1) is 0 Å².